The first-order valence-corrected chi connectivity index (χ1v) is 11.2. The van der Waals surface area contributed by atoms with Crippen molar-refractivity contribution in [1.29, 1.82) is 0 Å². The van der Waals surface area contributed by atoms with E-state index in [1.165, 1.54) is 34.2 Å². The first-order chi connectivity index (χ1) is 17.0. The van der Waals surface area contributed by atoms with E-state index in [4.69, 9.17) is 15.1 Å². The summed E-state index contributed by atoms with van der Waals surface area (Å²) in [5.41, 5.74) is 6.35. The molecule has 2 heterocycles. The van der Waals surface area contributed by atoms with Gasteiger partial charge in [0, 0.05) is 43.6 Å². The number of benzene rings is 4. The number of nitrogens with zero attached hydrogens (tertiary/aromatic N) is 3. The summed E-state index contributed by atoms with van der Waals surface area (Å²) in [6.07, 6.45) is 3.31. The van der Waals surface area contributed by atoms with E-state index in [9.17, 15) is 4.79 Å². The van der Waals surface area contributed by atoms with Crippen LogP contribution in [0.3, 0.4) is 0 Å². The average molecular weight is 649 g/mol. The van der Waals surface area contributed by atoms with E-state index in [2.05, 4.69) is 61.3 Å². The number of hydrogen-bond acceptors (Lipinski definition) is 4. The Kier molecular flexibility index (Phi) is 7.49. The Bertz CT molecular complexity index is 1690. The van der Waals surface area contributed by atoms with E-state index in [1.807, 2.05) is 30.5 Å². The molecule has 0 spiro atoms. The van der Waals surface area contributed by atoms with Gasteiger partial charge in [-0.3, -0.25) is 4.98 Å². The summed E-state index contributed by atoms with van der Waals surface area (Å²) >= 11 is 0. The molecule has 6 rings (SSSR count). The van der Waals surface area contributed by atoms with E-state index in [-0.39, 0.29) is 25.8 Å². The minimum absolute atomic E-state index is 0. The van der Waals surface area contributed by atoms with Gasteiger partial charge >= 0.3 is 5.97 Å². The van der Waals surface area contributed by atoms with E-state index >= 15 is 0 Å². The molecule has 1 N–H and O–H groups in total. The molecule has 0 amide bonds. The van der Waals surface area contributed by atoms with Crippen LogP contribution in [0.1, 0.15) is 21.6 Å². The average Bonchev–Trinajstić information content (AvgIpc) is 2.90. The molecule has 2 aromatic heterocycles. The monoisotopic (exact) mass is 649 g/mol. The summed E-state index contributed by atoms with van der Waals surface area (Å²) in [6.45, 7) is 4.23. The van der Waals surface area contributed by atoms with Crippen LogP contribution in [0.5, 0.6) is 0 Å². The van der Waals surface area contributed by atoms with Crippen LogP contribution in [0.25, 0.3) is 43.8 Å². The number of pyridine rings is 1. The maximum atomic E-state index is 10.1. The zero-order chi connectivity index (χ0) is 24.4. The van der Waals surface area contributed by atoms with Crippen molar-refractivity contribution in [3.05, 3.63) is 114 Å². The molecule has 0 aliphatic rings. The van der Waals surface area contributed by atoms with Crippen LogP contribution in [-0.4, -0.2) is 26.0 Å². The van der Waals surface area contributed by atoms with Gasteiger partial charge in [0.1, 0.15) is 5.69 Å². The third kappa shape index (κ3) is 5.01. The Morgan fingerprint density at radius 1 is 0.806 bits per heavy atom. The van der Waals surface area contributed by atoms with Gasteiger partial charge in [-0.25, -0.2) is 9.78 Å². The minimum atomic E-state index is -0.990. The summed E-state index contributed by atoms with van der Waals surface area (Å²) in [5, 5.41) is 12.9. The third-order valence-corrected chi connectivity index (χ3v) is 5.77. The number of aryl methyl sites for hydroxylation is 2. The van der Waals surface area contributed by atoms with Crippen molar-refractivity contribution in [3.8, 4) is 11.3 Å². The molecular weight excluding hydrogens is 627 g/mol. The van der Waals surface area contributed by atoms with Crippen molar-refractivity contribution in [1.82, 2.24) is 15.0 Å². The molecule has 1 radical (unpaired) electrons. The summed E-state index contributed by atoms with van der Waals surface area (Å²) in [4.78, 5) is 23.5. The quantitative estimate of drug-likeness (QED) is 0.165. The topological polar surface area (TPSA) is 76.0 Å². The molecule has 0 saturated heterocycles. The van der Waals surface area contributed by atoms with Gasteiger partial charge in [-0.1, -0.05) is 77.9 Å². The third-order valence-electron chi connectivity index (χ3n) is 5.77. The number of hydrogen-bond donors (Lipinski definition) is 1. The van der Waals surface area contributed by atoms with E-state index in [1.54, 1.807) is 12.1 Å². The van der Waals surface area contributed by atoms with Gasteiger partial charge in [0.2, 0.25) is 0 Å². The molecule has 6 heteroatoms. The fourth-order valence-corrected chi connectivity index (χ4v) is 4.10. The molecule has 0 unspecified atom stereocenters. The predicted molar refractivity (Wildman–Crippen MR) is 139 cm³/mol. The minimum Gasteiger partial charge on any atom is -0.477 e. The van der Waals surface area contributed by atoms with E-state index < -0.39 is 5.97 Å². The van der Waals surface area contributed by atoms with Crippen molar-refractivity contribution >= 4 is 38.5 Å². The van der Waals surface area contributed by atoms with Crippen molar-refractivity contribution in [2.75, 3.05) is 0 Å². The smallest absolute Gasteiger partial charge is 0.354 e. The summed E-state index contributed by atoms with van der Waals surface area (Å²) < 4.78 is 0. The number of fused-ring (bicyclic) bond motifs is 6. The zero-order valence-electron chi connectivity index (χ0n) is 19.7. The second kappa shape index (κ2) is 10.7. The van der Waals surface area contributed by atoms with Gasteiger partial charge in [0.15, 0.2) is 0 Å². The zero-order valence-corrected chi connectivity index (χ0v) is 22.1. The molecule has 179 valence electrons. The number of rotatable bonds is 2. The van der Waals surface area contributed by atoms with Crippen LogP contribution in [-0.2, 0) is 20.1 Å². The van der Waals surface area contributed by atoms with Gasteiger partial charge < -0.3 is 10.1 Å². The molecule has 0 saturated carbocycles. The summed E-state index contributed by atoms with van der Waals surface area (Å²) in [7, 11) is 0. The molecule has 5 nitrogen and oxygen atoms in total. The van der Waals surface area contributed by atoms with Crippen LogP contribution in [0.2, 0.25) is 0 Å². The molecule has 0 bridgehead atoms. The maximum absolute atomic E-state index is 10.1. The first kappa shape index (κ1) is 25.1. The van der Waals surface area contributed by atoms with Crippen molar-refractivity contribution < 1.29 is 30.0 Å². The number of aromatic carboxylic acids is 1. The van der Waals surface area contributed by atoms with Gasteiger partial charge in [-0.2, -0.15) is 0 Å². The van der Waals surface area contributed by atoms with Crippen LogP contribution in [0.15, 0.2) is 91.3 Å². The maximum Gasteiger partial charge on any atom is 0.354 e. The molecule has 36 heavy (non-hydrogen) atoms. The molecule has 0 atom stereocenters. The number of aromatic nitrogens is 3. The van der Waals surface area contributed by atoms with Crippen LogP contribution < -0.4 is 0 Å². The Morgan fingerprint density at radius 2 is 1.56 bits per heavy atom. The fourth-order valence-electron chi connectivity index (χ4n) is 4.10. The molecule has 0 aliphatic heterocycles. The molecule has 0 aliphatic carbocycles. The van der Waals surface area contributed by atoms with Crippen LogP contribution in [0.4, 0.5) is 0 Å². The van der Waals surface area contributed by atoms with Gasteiger partial charge in [-0.05, 0) is 24.4 Å². The number of carboxylic acid groups (broad SMARTS) is 1. The standard InChI is InChI=1S/C24H17N2.C6H5NO2.Ir/c1-15-8-10-18-20(12-15)21-13-16(2)9-11-19(21)24-23(18)25-14-22(26-24)17-6-4-3-5-7-17;8-6(9)5-3-1-2-4-7-5;/h3-9,11-14H,1-2H3;1-4H,(H,8,9);/q-1;;. The van der Waals surface area contributed by atoms with Crippen LogP contribution >= 0.6 is 0 Å². The number of carbonyl (C=O) groups is 1. The van der Waals surface area contributed by atoms with Gasteiger partial charge in [0.25, 0.3) is 0 Å². The van der Waals surface area contributed by atoms with E-state index in [0.717, 1.165) is 33.1 Å². The molecule has 6 aromatic rings. The largest absolute Gasteiger partial charge is 0.477 e. The molecular formula is C30H22IrN3O2-. The molecule has 0 fully saturated rings. The normalized spacial score (nSPS) is 10.5. The Morgan fingerprint density at radius 3 is 2.25 bits per heavy atom. The Hall–Kier alpha value is -3.99. The predicted octanol–water partition coefficient (Wildman–Crippen LogP) is 6.80. The number of carboxylic acids is 1. The van der Waals surface area contributed by atoms with Crippen LogP contribution in [0, 0.1) is 19.9 Å². The van der Waals surface area contributed by atoms with Crippen molar-refractivity contribution in [2.45, 2.75) is 13.8 Å². The molecule has 4 aromatic carbocycles. The summed E-state index contributed by atoms with van der Waals surface area (Å²) in [5.74, 6) is -0.990. The fraction of sp³-hybridized carbons (Fsp3) is 0.0667. The van der Waals surface area contributed by atoms with Crippen molar-refractivity contribution in [3.63, 3.8) is 0 Å². The first-order valence-electron chi connectivity index (χ1n) is 11.2. The Labute approximate surface area is 222 Å². The second-order valence-corrected chi connectivity index (χ2v) is 8.35. The van der Waals surface area contributed by atoms with Gasteiger partial charge in [-0.15, -0.1) is 29.1 Å². The Balaban J connectivity index is 0.000000260. The second-order valence-electron chi connectivity index (χ2n) is 8.35. The van der Waals surface area contributed by atoms with E-state index in [0.29, 0.717) is 0 Å². The summed E-state index contributed by atoms with van der Waals surface area (Å²) in [6, 6.07) is 29.2. The van der Waals surface area contributed by atoms with Gasteiger partial charge in [0.05, 0.1) is 11.2 Å². The van der Waals surface area contributed by atoms with Crippen molar-refractivity contribution in [2.24, 2.45) is 0 Å². The SMILES string of the molecule is Cc1c[c-]c2c(c1)c1cc(C)ccc1c1nc(-c3ccccc3)cnc21.O=C(O)c1ccccn1.[Ir].